The van der Waals surface area contributed by atoms with E-state index in [9.17, 15) is 14.9 Å². The molecule has 2 heterocycles. The number of piperidine rings is 1. The molecule has 2 aliphatic heterocycles. The lowest BCUT2D eigenvalue weighted by molar-refractivity contribution is -0.384. The van der Waals surface area contributed by atoms with Crippen LogP contribution in [0, 0.1) is 16.0 Å². The van der Waals surface area contributed by atoms with Crippen molar-refractivity contribution in [2.45, 2.75) is 38.1 Å². The van der Waals surface area contributed by atoms with E-state index < -0.39 is 4.92 Å². The fourth-order valence-electron chi connectivity index (χ4n) is 3.33. The average Bonchev–Trinajstić information content (AvgIpc) is 2.73. The van der Waals surface area contributed by atoms with Crippen LogP contribution in [0.5, 0.6) is 0 Å². The maximum atomic E-state index is 12.5. The number of hydrogen-bond donors (Lipinski definition) is 0. The Labute approximate surface area is 121 Å². The SMILES string of the molecule is O=C1C2CCCC(CC2)N1c1ccc(Cl)cc1[N+](=O)[O-]. The first-order chi connectivity index (χ1) is 9.58. The number of carbonyl (C=O) groups is 1. The van der Waals surface area contributed by atoms with Gasteiger partial charge in [0.2, 0.25) is 5.91 Å². The summed E-state index contributed by atoms with van der Waals surface area (Å²) in [6, 6.07) is 4.61. The van der Waals surface area contributed by atoms with Gasteiger partial charge in [0.1, 0.15) is 5.69 Å². The number of hydrogen-bond acceptors (Lipinski definition) is 3. The molecule has 6 heteroatoms. The summed E-state index contributed by atoms with van der Waals surface area (Å²) in [5.74, 6) is 0.0493. The maximum absolute atomic E-state index is 12.5. The Morgan fingerprint density at radius 1 is 1.25 bits per heavy atom. The smallest absolute Gasteiger partial charge is 0.294 e. The molecule has 1 aliphatic carbocycles. The molecule has 2 atom stereocenters. The van der Waals surface area contributed by atoms with Gasteiger partial charge >= 0.3 is 0 Å². The second kappa shape index (κ2) is 5.05. The lowest BCUT2D eigenvalue weighted by atomic mass is 9.93. The number of nitro benzene ring substituents is 1. The van der Waals surface area contributed by atoms with Gasteiger partial charge in [-0.15, -0.1) is 0 Å². The Hall–Kier alpha value is -1.62. The first-order valence-electron chi connectivity index (χ1n) is 6.85. The second-order valence-electron chi connectivity index (χ2n) is 5.46. The van der Waals surface area contributed by atoms with Gasteiger partial charge in [-0.3, -0.25) is 14.9 Å². The predicted octanol–water partition coefficient (Wildman–Crippen LogP) is 3.54. The van der Waals surface area contributed by atoms with Crippen molar-refractivity contribution in [2.75, 3.05) is 4.90 Å². The summed E-state index contributed by atoms with van der Waals surface area (Å²) in [5, 5.41) is 11.5. The number of rotatable bonds is 2. The largest absolute Gasteiger partial charge is 0.303 e. The molecule has 3 aliphatic rings. The number of nitrogens with zero attached hydrogens (tertiary/aromatic N) is 2. The molecule has 1 aromatic rings. The summed E-state index contributed by atoms with van der Waals surface area (Å²) < 4.78 is 0. The van der Waals surface area contributed by atoms with E-state index in [0.717, 1.165) is 32.1 Å². The van der Waals surface area contributed by atoms with E-state index >= 15 is 0 Å². The van der Waals surface area contributed by atoms with E-state index in [2.05, 4.69) is 0 Å². The standard InChI is InChI=1S/C14H15ClN2O3/c15-10-5-7-12(13(8-10)17(19)20)16-11-3-1-2-9(4-6-11)14(16)18/h5,7-9,11H,1-4,6H2. The fourth-order valence-corrected chi connectivity index (χ4v) is 3.49. The van der Waals surface area contributed by atoms with Crippen LogP contribution in [0.15, 0.2) is 18.2 Å². The summed E-state index contributed by atoms with van der Waals surface area (Å²) in [7, 11) is 0. The van der Waals surface area contributed by atoms with Gasteiger partial charge in [-0.1, -0.05) is 18.0 Å². The molecule has 4 rings (SSSR count). The third-order valence-electron chi connectivity index (χ3n) is 4.28. The molecule has 20 heavy (non-hydrogen) atoms. The molecule has 2 unspecified atom stereocenters. The maximum Gasteiger partial charge on any atom is 0.294 e. The van der Waals surface area contributed by atoms with E-state index in [-0.39, 0.29) is 23.6 Å². The van der Waals surface area contributed by atoms with E-state index in [1.165, 1.54) is 6.07 Å². The zero-order chi connectivity index (χ0) is 14.3. The number of fused-ring (bicyclic) bond motifs is 4. The summed E-state index contributed by atoms with van der Waals surface area (Å²) >= 11 is 5.84. The molecule has 0 radical (unpaired) electrons. The third-order valence-corrected chi connectivity index (χ3v) is 4.52. The number of nitro groups is 1. The Morgan fingerprint density at radius 2 is 2.05 bits per heavy atom. The quantitative estimate of drug-likeness (QED) is 0.619. The van der Waals surface area contributed by atoms with Crippen LogP contribution in [0.25, 0.3) is 0 Å². The van der Waals surface area contributed by atoms with Crippen molar-refractivity contribution < 1.29 is 9.72 Å². The number of anilines is 1. The average molecular weight is 295 g/mol. The zero-order valence-electron chi connectivity index (χ0n) is 10.9. The molecule has 1 saturated carbocycles. The predicted molar refractivity (Wildman–Crippen MR) is 76.0 cm³/mol. The monoisotopic (exact) mass is 294 g/mol. The van der Waals surface area contributed by atoms with Crippen LogP contribution in [0.1, 0.15) is 32.1 Å². The highest BCUT2D eigenvalue weighted by Gasteiger charge is 2.40. The molecule has 106 valence electrons. The summed E-state index contributed by atoms with van der Waals surface area (Å²) in [6.45, 7) is 0. The molecule has 2 saturated heterocycles. The Bertz CT molecular complexity index is 572. The topological polar surface area (TPSA) is 63.5 Å². The minimum atomic E-state index is -0.465. The number of halogens is 1. The summed E-state index contributed by atoms with van der Waals surface area (Å²) in [5.41, 5.74) is 0.305. The minimum Gasteiger partial charge on any atom is -0.303 e. The van der Waals surface area contributed by atoms with E-state index in [1.54, 1.807) is 17.0 Å². The van der Waals surface area contributed by atoms with Crippen molar-refractivity contribution in [3.05, 3.63) is 33.3 Å². The van der Waals surface area contributed by atoms with E-state index in [1.807, 2.05) is 0 Å². The van der Waals surface area contributed by atoms with Gasteiger partial charge in [-0.05, 0) is 37.8 Å². The van der Waals surface area contributed by atoms with Crippen molar-refractivity contribution in [3.8, 4) is 0 Å². The first-order valence-corrected chi connectivity index (χ1v) is 7.22. The van der Waals surface area contributed by atoms with Crippen LogP contribution < -0.4 is 4.90 Å². The lowest BCUT2D eigenvalue weighted by Crippen LogP contribution is -2.46. The Balaban J connectivity index is 2.08. The molecular formula is C14H15ClN2O3. The lowest BCUT2D eigenvalue weighted by Gasteiger charge is -2.36. The molecule has 5 nitrogen and oxygen atoms in total. The molecule has 0 N–H and O–H groups in total. The van der Waals surface area contributed by atoms with Crippen LogP contribution in [0.4, 0.5) is 11.4 Å². The molecule has 2 bridgehead atoms. The zero-order valence-corrected chi connectivity index (χ0v) is 11.7. The van der Waals surface area contributed by atoms with Crippen molar-refractivity contribution >= 4 is 28.9 Å². The summed E-state index contributed by atoms with van der Waals surface area (Å²) in [4.78, 5) is 24.9. The molecule has 3 fully saturated rings. The Kier molecular flexibility index (Phi) is 3.38. The van der Waals surface area contributed by atoms with Crippen LogP contribution >= 0.6 is 11.6 Å². The second-order valence-corrected chi connectivity index (χ2v) is 5.89. The van der Waals surface area contributed by atoms with E-state index in [4.69, 9.17) is 11.6 Å². The van der Waals surface area contributed by atoms with Gasteiger partial charge in [0.25, 0.3) is 5.69 Å². The number of amides is 1. The normalized spacial score (nSPS) is 25.6. The third kappa shape index (κ3) is 2.16. The van der Waals surface area contributed by atoms with Crippen LogP contribution in [-0.4, -0.2) is 16.9 Å². The van der Waals surface area contributed by atoms with Gasteiger partial charge < -0.3 is 4.90 Å². The van der Waals surface area contributed by atoms with Crippen molar-refractivity contribution in [3.63, 3.8) is 0 Å². The Morgan fingerprint density at radius 3 is 2.80 bits per heavy atom. The highest BCUT2D eigenvalue weighted by Crippen LogP contribution is 2.41. The highest BCUT2D eigenvalue weighted by molar-refractivity contribution is 6.31. The molecular weight excluding hydrogens is 280 g/mol. The van der Waals surface area contributed by atoms with Gasteiger partial charge in [0, 0.05) is 23.0 Å². The van der Waals surface area contributed by atoms with Crippen LogP contribution in [0.3, 0.4) is 0 Å². The van der Waals surface area contributed by atoms with Gasteiger partial charge in [-0.2, -0.15) is 0 Å². The van der Waals surface area contributed by atoms with Crippen molar-refractivity contribution in [2.24, 2.45) is 5.92 Å². The molecule has 0 aromatic heterocycles. The number of carbonyl (C=O) groups excluding carboxylic acids is 1. The molecule has 1 aromatic carbocycles. The van der Waals surface area contributed by atoms with Gasteiger partial charge in [-0.25, -0.2) is 0 Å². The molecule has 0 spiro atoms. The van der Waals surface area contributed by atoms with Crippen LogP contribution in [-0.2, 0) is 4.79 Å². The molecule has 1 amide bonds. The minimum absolute atomic E-state index is 0.0176. The first kappa shape index (κ1) is 13.4. The van der Waals surface area contributed by atoms with Gasteiger partial charge in [0.15, 0.2) is 0 Å². The van der Waals surface area contributed by atoms with E-state index in [0.29, 0.717) is 10.7 Å². The highest BCUT2D eigenvalue weighted by atomic mass is 35.5. The fraction of sp³-hybridized carbons (Fsp3) is 0.500. The number of benzene rings is 1. The summed E-state index contributed by atoms with van der Waals surface area (Å²) in [6.07, 6.45) is 4.66. The van der Waals surface area contributed by atoms with Crippen LogP contribution in [0.2, 0.25) is 5.02 Å². The van der Waals surface area contributed by atoms with Crippen molar-refractivity contribution in [1.82, 2.24) is 0 Å². The van der Waals surface area contributed by atoms with Crippen molar-refractivity contribution in [1.29, 1.82) is 0 Å². The van der Waals surface area contributed by atoms with Gasteiger partial charge in [0.05, 0.1) is 4.92 Å².